The van der Waals surface area contributed by atoms with E-state index in [1.54, 1.807) is 30.3 Å². The second kappa shape index (κ2) is 9.38. The molecular formula is C16H15BrN2O6. The van der Waals surface area contributed by atoms with E-state index in [0.29, 0.717) is 0 Å². The van der Waals surface area contributed by atoms with Gasteiger partial charge in [-0.3, -0.25) is 20.2 Å². The molecule has 2 aromatic carbocycles. The Bertz CT molecular complexity index is 794. The molecule has 8 nitrogen and oxygen atoms in total. The van der Waals surface area contributed by atoms with E-state index in [4.69, 9.17) is 9.47 Å². The van der Waals surface area contributed by atoms with Crippen molar-refractivity contribution in [1.29, 1.82) is 0 Å². The monoisotopic (exact) mass is 410 g/mol. The zero-order valence-corrected chi connectivity index (χ0v) is 15.1. The summed E-state index contributed by atoms with van der Waals surface area (Å²) in [6.07, 6.45) is 1.60. The average molecular weight is 411 g/mol. The third kappa shape index (κ3) is 5.57. The van der Waals surface area contributed by atoms with Gasteiger partial charge in [-0.05, 0) is 23.8 Å². The van der Waals surface area contributed by atoms with Crippen molar-refractivity contribution in [1.82, 2.24) is 0 Å². The van der Waals surface area contributed by atoms with Crippen LogP contribution in [0.1, 0.15) is 5.56 Å². The number of halogens is 1. The molecule has 0 fully saturated rings. The molecule has 2 rings (SSSR count). The zero-order chi connectivity index (χ0) is 19.0. The van der Waals surface area contributed by atoms with E-state index < -0.39 is 9.85 Å². The van der Waals surface area contributed by atoms with Crippen molar-refractivity contribution in [2.45, 2.75) is 0 Å². The van der Waals surface area contributed by atoms with E-state index in [-0.39, 0.29) is 22.9 Å². The van der Waals surface area contributed by atoms with Gasteiger partial charge in [0.15, 0.2) is 11.5 Å². The summed E-state index contributed by atoms with van der Waals surface area (Å²) in [5.41, 5.74) is 0.733. The van der Waals surface area contributed by atoms with Gasteiger partial charge >= 0.3 is 11.4 Å². The fourth-order valence-electron chi connectivity index (χ4n) is 1.77. The number of hydrogen-bond acceptors (Lipinski definition) is 6. The quantitative estimate of drug-likeness (QED) is 0.526. The van der Waals surface area contributed by atoms with Crippen LogP contribution in [0.15, 0.2) is 47.4 Å². The van der Waals surface area contributed by atoms with Gasteiger partial charge in [0.1, 0.15) is 0 Å². The van der Waals surface area contributed by atoms with Crippen LogP contribution < -0.4 is 9.47 Å². The van der Waals surface area contributed by atoms with Crippen LogP contribution in [0, 0.1) is 20.2 Å². The normalized spacial score (nSPS) is 9.40. The van der Waals surface area contributed by atoms with Crippen LogP contribution in [0.3, 0.4) is 0 Å². The topological polar surface area (TPSA) is 105 Å². The molecule has 0 N–H and O–H groups in total. The van der Waals surface area contributed by atoms with Crippen LogP contribution in [0.25, 0.3) is 6.08 Å². The molecule has 0 saturated heterocycles. The van der Waals surface area contributed by atoms with Crippen LogP contribution in [-0.2, 0) is 0 Å². The van der Waals surface area contributed by atoms with Gasteiger partial charge in [0, 0.05) is 22.7 Å². The molecule has 0 radical (unpaired) electrons. The summed E-state index contributed by atoms with van der Waals surface area (Å²) < 4.78 is 10.4. The largest absolute Gasteiger partial charge is 0.490 e. The number of ether oxygens (including phenoxy) is 2. The van der Waals surface area contributed by atoms with E-state index in [1.165, 1.54) is 26.4 Å². The van der Waals surface area contributed by atoms with Crippen molar-refractivity contribution < 1.29 is 19.3 Å². The molecule has 0 unspecified atom stereocenters. The van der Waals surface area contributed by atoms with Crippen molar-refractivity contribution in [2.75, 3.05) is 14.2 Å². The summed E-state index contributed by atoms with van der Waals surface area (Å²) >= 11 is 3.18. The number of hydrogen-bond donors (Lipinski definition) is 0. The van der Waals surface area contributed by atoms with Crippen molar-refractivity contribution in [3.05, 3.63) is 73.2 Å². The number of benzene rings is 2. The third-order valence-electron chi connectivity index (χ3n) is 2.97. The molecule has 0 amide bonds. The van der Waals surface area contributed by atoms with Gasteiger partial charge in [0.05, 0.1) is 24.1 Å². The number of nitro groups is 2. The highest BCUT2D eigenvalue weighted by molar-refractivity contribution is 9.10. The molecule has 132 valence electrons. The van der Waals surface area contributed by atoms with Crippen LogP contribution in [-0.4, -0.2) is 24.1 Å². The standard InChI is InChI=1S/C9H9NO3.C7H6BrNO3/c1-3-7-4-5-8(10(11)12)9(6-7)13-2;1-12-7-4-5(8)2-3-6(7)9(10)11/h3-6H,1H2,2H3;2-4H,1H3. The second-order valence-electron chi connectivity index (χ2n) is 4.47. The molecule has 0 aliphatic carbocycles. The molecule has 0 bridgehead atoms. The van der Waals surface area contributed by atoms with Gasteiger partial charge in [0.25, 0.3) is 0 Å². The Kier molecular flexibility index (Phi) is 7.54. The van der Waals surface area contributed by atoms with Crippen molar-refractivity contribution in [2.24, 2.45) is 0 Å². The van der Waals surface area contributed by atoms with Crippen LogP contribution in [0.2, 0.25) is 0 Å². The lowest BCUT2D eigenvalue weighted by atomic mass is 10.2. The molecule has 0 heterocycles. The van der Waals surface area contributed by atoms with E-state index in [2.05, 4.69) is 22.5 Å². The number of methoxy groups -OCH3 is 2. The SMILES string of the molecule is C=Cc1ccc([N+](=O)[O-])c(OC)c1.COc1cc(Br)ccc1[N+](=O)[O-]. The third-order valence-corrected chi connectivity index (χ3v) is 3.47. The van der Waals surface area contributed by atoms with Crippen LogP contribution in [0.5, 0.6) is 11.5 Å². The molecule has 9 heteroatoms. The van der Waals surface area contributed by atoms with Gasteiger partial charge in [-0.2, -0.15) is 0 Å². The molecule has 0 aromatic heterocycles. The lowest BCUT2D eigenvalue weighted by Crippen LogP contribution is -1.93. The maximum absolute atomic E-state index is 10.5. The maximum atomic E-state index is 10.5. The highest BCUT2D eigenvalue weighted by atomic mass is 79.9. The fraction of sp³-hybridized carbons (Fsp3) is 0.125. The van der Waals surface area contributed by atoms with Gasteiger partial charge in [0.2, 0.25) is 0 Å². The predicted molar refractivity (Wildman–Crippen MR) is 97.1 cm³/mol. The van der Waals surface area contributed by atoms with E-state index >= 15 is 0 Å². The Morgan fingerprint density at radius 1 is 0.960 bits per heavy atom. The first kappa shape index (κ1) is 20.1. The Morgan fingerprint density at radius 2 is 1.44 bits per heavy atom. The molecule has 0 aliphatic rings. The molecule has 2 aromatic rings. The first-order valence-corrected chi connectivity index (χ1v) is 7.56. The van der Waals surface area contributed by atoms with Gasteiger partial charge in [-0.15, -0.1) is 0 Å². The molecule has 0 aliphatic heterocycles. The molecule has 0 spiro atoms. The van der Waals surface area contributed by atoms with Crippen molar-refractivity contribution >= 4 is 33.4 Å². The minimum atomic E-state index is -0.481. The fourth-order valence-corrected chi connectivity index (χ4v) is 2.11. The van der Waals surface area contributed by atoms with Gasteiger partial charge in [-0.25, -0.2) is 0 Å². The average Bonchev–Trinajstić information content (AvgIpc) is 2.60. The Morgan fingerprint density at radius 3 is 1.88 bits per heavy atom. The van der Waals surface area contributed by atoms with E-state index in [1.807, 2.05) is 0 Å². The van der Waals surface area contributed by atoms with Gasteiger partial charge < -0.3 is 9.47 Å². The summed E-state index contributed by atoms with van der Waals surface area (Å²) in [4.78, 5) is 19.9. The highest BCUT2D eigenvalue weighted by Crippen LogP contribution is 2.29. The predicted octanol–water partition coefficient (Wildman–Crippen LogP) is 4.61. The Labute approximate surface area is 152 Å². The van der Waals surface area contributed by atoms with E-state index in [9.17, 15) is 20.2 Å². The van der Waals surface area contributed by atoms with Crippen molar-refractivity contribution in [3.8, 4) is 11.5 Å². The Hall–Kier alpha value is -2.94. The molecular weight excluding hydrogens is 396 g/mol. The van der Waals surface area contributed by atoms with E-state index in [0.717, 1.165) is 10.0 Å². The van der Waals surface area contributed by atoms with Crippen LogP contribution in [0.4, 0.5) is 11.4 Å². The van der Waals surface area contributed by atoms with Crippen LogP contribution >= 0.6 is 15.9 Å². The Balaban J connectivity index is 0.000000251. The number of nitro benzene ring substituents is 2. The summed E-state index contributed by atoms with van der Waals surface area (Å²) in [6, 6.07) is 9.14. The lowest BCUT2D eigenvalue weighted by Gasteiger charge is -2.01. The molecule has 25 heavy (non-hydrogen) atoms. The lowest BCUT2D eigenvalue weighted by molar-refractivity contribution is -0.385. The maximum Gasteiger partial charge on any atom is 0.310 e. The second-order valence-corrected chi connectivity index (χ2v) is 5.38. The molecule has 0 atom stereocenters. The van der Waals surface area contributed by atoms with Crippen molar-refractivity contribution in [3.63, 3.8) is 0 Å². The minimum Gasteiger partial charge on any atom is -0.490 e. The van der Waals surface area contributed by atoms with Gasteiger partial charge in [-0.1, -0.05) is 28.6 Å². The highest BCUT2D eigenvalue weighted by Gasteiger charge is 2.14. The number of rotatable bonds is 5. The number of nitrogens with zero attached hydrogens (tertiary/aromatic N) is 2. The smallest absolute Gasteiger partial charge is 0.310 e. The summed E-state index contributed by atoms with van der Waals surface area (Å²) in [7, 11) is 2.80. The zero-order valence-electron chi connectivity index (χ0n) is 13.5. The summed E-state index contributed by atoms with van der Waals surface area (Å²) in [5.74, 6) is 0.511. The first-order valence-electron chi connectivity index (χ1n) is 6.76. The minimum absolute atomic E-state index is 0.0271. The summed E-state index contributed by atoms with van der Waals surface area (Å²) in [5, 5.41) is 20.9. The first-order chi connectivity index (χ1) is 11.8. The summed E-state index contributed by atoms with van der Waals surface area (Å²) in [6.45, 7) is 3.56. The molecule has 0 saturated carbocycles.